The van der Waals surface area contributed by atoms with Crippen LogP contribution in [0.15, 0.2) is 48.5 Å². The number of para-hydroxylation sites is 1. The molecule has 2 aromatic carbocycles. The van der Waals surface area contributed by atoms with Gasteiger partial charge >= 0.3 is 0 Å². The van der Waals surface area contributed by atoms with Crippen LogP contribution in [-0.2, 0) is 17.0 Å². The Labute approximate surface area is 128 Å². The molecule has 0 fully saturated rings. The second-order valence-electron chi connectivity index (χ2n) is 5.05. The van der Waals surface area contributed by atoms with Gasteiger partial charge in [-0.25, -0.2) is 4.39 Å². The molecule has 0 N–H and O–H groups in total. The van der Waals surface area contributed by atoms with E-state index in [4.69, 9.17) is 0 Å². The van der Waals surface area contributed by atoms with E-state index in [1.54, 1.807) is 6.07 Å². The average Bonchev–Trinajstić information content (AvgIpc) is 2.91. The smallest absolute Gasteiger partial charge is 0.237 e. The molecular weight excluding hydrogens is 285 g/mol. The predicted molar refractivity (Wildman–Crippen MR) is 85.1 cm³/mol. The topological polar surface area (TPSA) is 20.3 Å². The maximum Gasteiger partial charge on any atom is 0.237 e. The second-order valence-corrected chi connectivity index (χ2v) is 6.03. The molecule has 0 bridgehead atoms. The van der Waals surface area contributed by atoms with Gasteiger partial charge in [0.1, 0.15) is 5.82 Å². The monoisotopic (exact) mass is 301 g/mol. The lowest BCUT2D eigenvalue weighted by Gasteiger charge is -2.17. The summed E-state index contributed by atoms with van der Waals surface area (Å²) in [4.78, 5) is 14.2. The summed E-state index contributed by atoms with van der Waals surface area (Å²) in [5.74, 6) is 0.971. The summed E-state index contributed by atoms with van der Waals surface area (Å²) in [5.41, 5.74) is 3.18. The molecule has 1 aliphatic rings. The van der Waals surface area contributed by atoms with Gasteiger partial charge in [0.15, 0.2) is 0 Å². The van der Waals surface area contributed by atoms with E-state index >= 15 is 0 Å². The van der Waals surface area contributed by atoms with Gasteiger partial charge in [-0.2, -0.15) is 0 Å². The Kier molecular flexibility index (Phi) is 4.25. The molecule has 0 radical (unpaired) electrons. The first-order chi connectivity index (χ1) is 10.2. The van der Waals surface area contributed by atoms with Crippen molar-refractivity contribution in [1.82, 2.24) is 0 Å². The van der Waals surface area contributed by atoms with Gasteiger partial charge in [0.05, 0.1) is 5.75 Å². The summed E-state index contributed by atoms with van der Waals surface area (Å²) in [6, 6.07) is 14.6. The van der Waals surface area contributed by atoms with Gasteiger partial charge < -0.3 is 4.90 Å². The van der Waals surface area contributed by atoms with Crippen molar-refractivity contribution in [3.05, 3.63) is 65.5 Å². The zero-order chi connectivity index (χ0) is 14.7. The molecular formula is C17H16FNOS. The molecule has 0 saturated heterocycles. The molecule has 0 spiro atoms. The third-order valence-corrected chi connectivity index (χ3v) is 4.56. The van der Waals surface area contributed by atoms with Gasteiger partial charge in [0.25, 0.3) is 0 Å². The predicted octanol–water partition coefficient (Wildman–Crippen LogP) is 3.65. The number of nitrogens with zero attached hydrogens (tertiary/aromatic N) is 1. The van der Waals surface area contributed by atoms with Crippen LogP contribution in [0.5, 0.6) is 0 Å². The van der Waals surface area contributed by atoms with Gasteiger partial charge in [-0.15, -0.1) is 11.8 Å². The Balaban J connectivity index is 1.56. The number of fused-ring (bicyclic) bond motifs is 1. The first kappa shape index (κ1) is 14.1. The normalized spacial score (nSPS) is 13.3. The van der Waals surface area contributed by atoms with E-state index in [1.807, 2.05) is 29.2 Å². The summed E-state index contributed by atoms with van der Waals surface area (Å²) in [7, 11) is 0. The third-order valence-electron chi connectivity index (χ3n) is 3.57. The van der Waals surface area contributed by atoms with Crippen molar-refractivity contribution in [2.24, 2.45) is 0 Å². The summed E-state index contributed by atoms with van der Waals surface area (Å²) in [6.07, 6.45) is 0.927. The Morgan fingerprint density at radius 2 is 2.05 bits per heavy atom. The molecule has 0 unspecified atom stereocenters. The van der Waals surface area contributed by atoms with E-state index in [9.17, 15) is 9.18 Å². The number of amides is 1. The Morgan fingerprint density at radius 1 is 1.19 bits per heavy atom. The quantitative estimate of drug-likeness (QED) is 0.859. The highest BCUT2D eigenvalue weighted by molar-refractivity contribution is 7.99. The summed E-state index contributed by atoms with van der Waals surface area (Å²) in [6.45, 7) is 0.763. The van der Waals surface area contributed by atoms with Crippen molar-refractivity contribution in [3.63, 3.8) is 0 Å². The van der Waals surface area contributed by atoms with Crippen LogP contribution in [0, 0.1) is 5.82 Å². The molecule has 21 heavy (non-hydrogen) atoms. The highest BCUT2D eigenvalue weighted by atomic mass is 32.2. The molecule has 4 heteroatoms. The number of anilines is 1. The summed E-state index contributed by atoms with van der Waals surface area (Å²) in [5, 5.41) is 0. The van der Waals surface area contributed by atoms with Crippen molar-refractivity contribution in [1.29, 1.82) is 0 Å². The van der Waals surface area contributed by atoms with Gasteiger partial charge in [-0.3, -0.25) is 4.79 Å². The average molecular weight is 301 g/mol. The lowest BCUT2D eigenvalue weighted by atomic mass is 10.2. The largest absolute Gasteiger partial charge is 0.311 e. The minimum atomic E-state index is -0.229. The Morgan fingerprint density at radius 3 is 2.90 bits per heavy atom. The van der Waals surface area contributed by atoms with Crippen molar-refractivity contribution >= 4 is 23.4 Å². The minimum absolute atomic E-state index is 0.126. The zero-order valence-corrected chi connectivity index (χ0v) is 12.4. The number of hydrogen-bond donors (Lipinski definition) is 0. The van der Waals surface area contributed by atoms with Crippen molar-refractivity contribution < 1.29 is 9.18 Å². The van der Waals surface area contributed by atoms with Crippen LogP contribution in [0.2, 0.25) is 0 Å². The maximum atomic E-state index is 13.1. The van der Waals surface area contributed by atoms with Crippen LogP contribution in [0.3, 0.4) is 0 Å². The van der Waals surface area contributed by atoms with Gasteiger partial charge in [0, 0.05) is 18.0 Å². The van der Waals surface area contributed by atoms with E-state index in [0.717, 1.165) is 24.2 Å². The number of benzene rings is 2. The van der Waals surface area contributed by atoms with Crippen LogP contribution in [0.1, 0.15) is 11.1 Å². The first-order valence-corrected chi connectivity index (χ1v) is 8.10. The van der Waals surface area contributed by atoms with Gasteiger partial charge in [0.2, 0.25) is 5.91 Å². The third kappa shape index (κ3) is 3.27. The van der Waals surface area contributed by atoms with Crippen LogP contribution < -0.4 is 4.90 Å². The van der Waals surface area contributed by atoms with Crippen LogP contribution in [-0.4, -0.2) is 18.2 Å². The molecule has 1 heterocycles. The van der Waals surface area contributed by atoms with E-state index in [0.29, 0.717) is 11.5 Å². The van der Waals surface area contributed by atoms with E-state index in [1.165, 1.54) is 29.5 Å². The summed E-state index contributed by atoms with van der Waals surface area (Å²) >= 11 is 1.53. The molecule has 0 aromatic heterocycles. The number of halogens is 1. The summed E-state index contributed by atoms with van der Waals surface area (Å²) < 4.78 is 13.1. The van der Waals surface area contributed by atoms with E-state index < -0.39 is 0 Å². The SMILES string of the molecule is O=C(CSCc1cccc(F)c1)N1CCc2ccccc21. The molecule has 1 amide bonds. The second kappa shape index (κ2) is 6.31. The molecule has 2 aromatic rings. The number of carbonyl (C=O) groups excluding carboxylic acids is 1. The zero-order valence-electron chi connectivity index (χ0n) is 11.6. The van der Waals surface area contributed by atoms with Crippen LogP contribution in [0.4, 0.5) is 10.1 Å². The van der Waals surface area contributed by atoms with E-state index in [-0.39, 0.29) is 11.7 Å². The fourth-order valence-corrected chi connectivity index (χ4v) is 3.41. The Bertz CT molecular complexity index is 659. The van der Waals surface area contributed by atoms with Crippen molar-refractivity contribution in [2.75, 3.05) is 17.2 Å². The lowest BCUT2D eigenvalue weighted by molar-refractivity contribution is -0.116. The number of rotatable bonds is 4. The molecule has 1 aliphatic heterocycles. The highest BCUT2D eigenvalue weighted by Crippen LogP contribution is 2.28. The lowest BCUT2D eigenvalue weighted by Crippen LogP contribution is -2.30. The molecule has 3 rings (SSSR count). The number of thioether (sulfide) groups is 1. The number of hydrogen-bond acceptors (Lipinski definition) is 2. The molecule has 108 valence electrons. The fourth-order valence-electron chi connectivity index (χ4n) is 2.56. The molecule has 0 saturated carbocycles. The molecule has 0 atom stereocenters. The van der Waals surface area contributed by atoms with Crippen LogP contribution in [0.25, 0.3) is 0 Å². The molecule has 0 aliphatic carbocycles. The van der Waals surface area contributed by atoms with Crippen molar-refractivity contribution in [2.45, 2.75) is 12.2 Å². The fraction of sp³-hybridized carbons (Fsp3) is 0.235. The maximum absolute atomic E-state index is 13.1. The van der Waals surface area contributed by atoms with Crippen molar-refractivity contribution in [3.8, 4) is 0 Å². The first-order valence-electron chi connectivity index (χ1n) is 6.94. The standard InChI is InChI=1S/C17H16FNOS/c18-15-6-3-4-13(10-15)11-21-12-17(20)19-9-8-14-5-1-2-7-16(14)19/h1-7,10H,8-9,11-12H2. The molecule has 2 nitrogen and oxygen atoms in total. The Hall–Kier alpha value is -1.81. The van der Waals surface area contributed by atoms with Gasteiger partial charge in [-0.05, 0) is 35.7 Å². The minimum Gasteiger partial charge on any atom is -0.311 e. The van der Waals surface area contributed by atoms with Gasteiger partial charge in [-0.1, -0.05) is 30.3 Å². The van der Waals surface area contributed by atoms with E-state index in [2.05, 4.69) is 6.07 Å². The number of carbonyl (C=O) groups is 1. The van der Waals surface area contributed by atoms with Crippen LogP contribution >= 0.6 is 11.8 Å². The highest BCUT2D eigenvalue weighted by Gasteiger charge is 2.23.